The molecule has 0 heterocycles. The lowest BCUT2D eigenvalue weighted by atomic mass is 10.1. The van der Waals surface area contributed by atoms with Crippen LogP contribution in [0.25, 0.3) is 0 Å². The average Bonchev–Trinajstić information content (AvgIpc) is 1.82. The monoisotopic (exact) mass is 183 g/mol. The van der Waals surface area contributed by atoms with Crippen LogP contribution in [0.15, 0.2) is 0 Å². The minimum Gasteiger partial charge on any atom is -0.481 e. The fourth-order valence-electron chi connectivity index (χ4n) is 0.492. The first-order chi connectivity index (χ1) is 5.27. The van der Waals surface area contributed by atoms with Crippen LogP contribution in [0.3, 0.4) is 0 Å². The molecule has 0 aliphatic rings. The van der Waals surface area contributed by atoms with E-state index in [-0.39, 0.29) is 0 Å². The molecule has 5 nitrogen and oxygen atoms in total. The van der Waals surface area contributed by atoms with Gasteiger partial charge in [0, 0.05) is 0 Å². The van der Waals surface area contributed by atoms with E-state index in [0.29, 0.717) is 0 Å². The van der Waals surface area contributed by atoms with Crippen molar-refractivity contribution in [2.45, 2.75) is 18.4 Å². The molecule has 0 aromatic heterocycles. The van der Waals surface area contributed by atoms with Crippen molar-refractivity contribution < 1.29 is 28.6 Å². The van der Waals surface area contributed by atoms with E-state index in [2.05, 4.69) is 5.73 Å². The number of aliphatic carboxylic acids is 2. The van der Waals surface area contributed by atoms with Crippen LogP contribution in [0.5, 0.6) is 0 Å². The Morgan fingerprint density at radius 1 is 1.42 bits per heavy atom. The van der Waals surface area contributed by atoms with Crippen LogP contribution in [0.1, 0.15) is 6.42 Å². The van der Waals surface area contributed by atoms with Gasteiger partial charge in [0.05, 0.1) is 0 Å². The molecule has 0 bridgehead atoms. The molecule has 0 spiro atoms. The number of nitrogens with two attached hydrogens (primary N) is 1. The van der Waals surface area contributed by atoms with Gasteiger partial charge in [0.2, 0.25) is 0 Å². The Hall–Kier alpha value is -1.24. The average molecular weight is 183 g/mol. The Balaban J connectivity index is 4.38. The van der Waals surface area contributed by atoms with Crippen molar-refractivity contribution in [1.82, 2.24) is 0 Å². The molecule has 0 radical (unpaired) electrons. The van der Waals surface area contributed by atoms with E-state index < -0.39 is 30.3 Å². The number of alkyl halides is 2. The van der Waals surface area contributed by atoms with Crippen molar-refractivity contribution in [2.24, 2.45) is 5.73 Å². The third-order valence-electron chi connectivity index (χ3n) is 1.11. The molecule has 7 heteroatoms. The quantitative estimate of drug-likeness (QED) is 0.545. The maximum absolute atomic E-state index is 12.4. The summed E-state index contributed by atoms with van der Waals surface area (Å²) in [6, 6.07) is -2.48. The first-order valence-corrected chi connectivity index (χ1v) is 2.85. The standard InChI is InChI=1S/C5H7F2NO4/c6-5(7,1-2(9)10)3(8)4(11)12/h3H,1,8H2,(H,9,10)(H,11,12). The third kappa shape index (κ3) is 2.79. The molecule has 0 aromatic rings. The summed E-state index contributed by atoms with van der Waals surface area (Å²) in [4.78, 5) is 19.7. The van der Waals surface area contributed by atoms with Crippen LogP contribution in [-0.4, -0.2) is 34.1 Å². The number of hydrogen-bond acceptors (Lipinski definition) is 3. The van der Waals surface area contributed by atoms with E-state index in [1.807, 2.05) is 0 Å². The Morgan fingerprint density at radius 3 is 2.08 bits per heavy atom. The van der Waals surface area contributed by atoms with Gasteiger partial charge in [0.25, 0.3) is 5.92 Å². The van der Waals surface area contributed by atoms with Gasteiger partial charge in [-0.2, -0.15) is 0 Å². The summed E-state index contributed by atoms with van der Waals surface area (Å²) in [5, 5.41) is 16.0. The van der Waals surface area contributed by atoms with Crippen LogP contribution >= 0.6 is 0 Å². The molecule has 1 unspecified atom stereocenters. The Morgan fingerprint density at radius 2 is 1.83 bits per heavy atom. The highest BCUT2D eigenvalue weighted by Crippen LogP contribution is 2.21. The molecule has 12 heavy (non-hydrogen) atoms. The molecular formula is C5H7F2NO4. The fourth-order valence-corrected chi connectivity index (χ4v) is 0.492. The smallest absolute Gasteiger partial charge is 0.326 e. The van der Waals surface area contributed by atoms with Gasteiger partial charge in [-0.25, -0.2) is 8.78 Å². The van der Waals surface area contributed by atoms with Crippen LogP contribution < -0.4 is 5.73 Å². The van der Waals surface area contributed by atoms with Gasteiger partial charge < -0.3 is 15.9 Å². The molecule has 4 N–H and O–H groups in total. The van der Waals surface area contributed by atoms with Crippen molar-refractivity contribution in [3.8, 4) is 0 Å². The highest BCUT2D eigenvalue weighted by molar-refractivity contribution is 5.76. The fraction of sp³-hybridized carbons (Fsp3) is 0.600. The van der Waals surface area contributed by atoms with Crippen LogP contribution in [0.2, 0.25) is 0 Å². The Kier molecular flexibility index (Phi) is 3.08. The minimum absolute atomic E-state index is 1.58. The highest BCUT2D eigenvalue weighted by Gasteiger charge is 2.43. The second-order valence-electron chi connectivity index (χ2n) is 2.15. The van der Waals surface area contributed by atoms with Gasteiger partial charge in [-0.15, -0.1) is 0 Å². The maximum Gasteiger partial charge on any atom is 0.326 e. The normalized spacial score (nSPS) is 13.9. The molecule has 0 saturated carbocycles. The van der Waals surface area contributed by atoms with Gasteiger partial charge in [0.1, 0.15) is 6.42 Å². The molecule has 0 fully saturated rings. The first-order valence-electron chi connectivity index (χ1n) is 2.85. The molecule has 70 valence electrons. The largest absolute Gasteiger partial charge is 0.481 e. The number of rotatable bonds is 4. The van der Waals surface area contributed by atoms with Crippen LogP contribution in [0.4, 0.5) is 8.78 Å². The summed E-state index contributed by atoms with van der Waals surface area (Å²) in [6.07, 6.45) is -1.58. The predicted molar refractivity (Wildman–Crippen MR) is 32.8 cm³/mol. The lowest BCUT2D eigenvalue weighted by molar-refractivity contribution is -0.155. The summed E-state index contributed by atoms with van der Waals surface area (Å²) in [5.41, 5.74) is 4.53. The third-order valence-corrected chi connectivity index (χ3v) is 1.11. The molecule has 0 rings (SSSR count). The van der Waals surface area contributed by atoms with Gasteiger partial charge in [-0.1, -0.05) is 0 Å². The number of hydrogen-bond donors (Lipinski definition) is 3. The Labute approximate surface area is 65.8 Å². The first kappa shape index (κ1) is 10.8. The van der Waals surface area contributed by atoms with Gasteiger partial charge >= 0.3 is 11.9 Å². The number of halogens is 2. The summed E-state index contributed by atoms with van der Waals surface area (Å²) < 4.78 is 24.9. The molecule has 0 aliphatic heterocycles. The van der Waals surface area contributed by atoms with E-state index >= 15 is 0 Å². The summed E-state index contributed by atoms with van der Waals surface area (Å²) in [6.45, 7) is 0. The zero-order valence-electron chi connectivity index (χ0n) is 5.83. The number of carboxylic acids is 2. The second kappa shape index (κ2) is 3.44. The van der Waals surface area contributed by atoms with Crippen LogP contribution in [0, 0.1) is 0 Å². The van der Waals surface area contributed by atoms with Crippen LogP contribution in [-0.2, 0) is 9.59 Å². The molecule has 0 aromatic carbocycles. The second-order valence-corrected chi connectivity index (χ2v) is 2.15. The SMILES string of the molecule is NC(C(=O)O)C(F)(F)CC(=O)O. The van der Waals surface area contributed by atoms with E-state index in [4.69, 9.17) is 10.2 Å². The Bertz CT molecular complexity index is 206. The predicted octanol–water partition coefficient (Wildman–Crippen LogP) is -0.492. The summed E-state index contributed by atoms with van der Waals surface area (Å²) in [5.74, 6) is -7.64. The van der Waals surface area contributed by atoms with Crippen molar-refractivity contribution in [3.05, 3.63) is 0 Å². The molecular weight excluding hydrogens is 176 g/mol. The lowest BCUT2D eigenvalue weighted by Gasteiger charge is -2.17. The highest BCUT2D eigenvalue weighted by atomic mass is 19.3. The van der Waals surface area contributed by atoms with Gasteiger partial charge in [-0.05, 0) is 0 Å². The summed E-state index contributed by atoms with van der Waals surface area (Å²) >= 11 is 0. The molecule has 1 atom stereocenters. The number of carboxylic acid groups (broad SMARTS) is 2. The molecule has 0 aliphatic carbocycles. The van der Waals surface area contributed by atoms with E-state index in [0.717, 1.165) is 0 Å². The van der Waals surface area contributed by atoms with E-state index in [1.54, 1.807) is 0 Å². The van der Waals surface area contributed by atoms with E-state index in [9.17, 15) is 18.4 Å². The van der Waals surface area contributed by atoms with Crippen molar-refractivity contribution in [3.63, 3.8) is 0 Å². The molecule has 0 amide bonds. The van der Waals surface area contributed by atoms with Gasteiger partial charge in [0.15, 0.2) is 6.04 Å². The van der Waals surface area contributed by atoms with Crippen molar-refractivity contribution in [1.29, 1.82) is 0 Å². The molecule has 0 saturated heterocycles. The maximum atomic E-state index is 12.4. The van der Waals surface area contributed by atoms with E-state index in [1.165, 1.54) is 0 Å². The number of carbonyl (C=O) groups is 2. The zero-order valence-corrected chi connectivity index (χ0v) is 5.83. The minimum atomic E-state index is -3.92. The van der Waals surface area contributed by atoms with Crippen molar-refractivity contribution in [2.75, 3.05) is 0 Å². The topological polar surface area (TPSA) is 101 Å². The lowest BCUT2D eigenvalue weighted by Crippen LogP contribution is -2.48. The zero-order chi connectivity index (χ0) is 9.94. The van der Waals surface area contributed by atoms with Crippen molar-refractivity contribution >= 4 is 11.9 Å². The van der Waals surface area contributed by atoms with Gasteiger partial charge in [-0.3, -0.25) is 9.59 Å². The summed E-state index contributed by atoms with van der Waals surface area (Å²) in [7, 11) is 0.